The van der Waals surface area contributed by atoms with E-state index in [1.807, 2.05) is 0 Å². The van der Waals surface area contributed by atoms with Gasteiger partial charge < -0.3 is 5.32 Å². The van der Waals surface area contributed by atoms with Crippen LogP contribution in [0.3, 0.4) is 0 Å². The summed E-state index contributed by atoms with van der Waals surface area (Å²) >= 11 is 0. The van der Waals surface area contributed by atoms with E-state index in [1.165, 1.54) is 0 Å². The Morgan fingerprint density at radius 1 is 1.44 bits per heavy atom. The molecule has 1 fully saturated rings. The standard InChI is InChI=1S/C11H14F3N3O/c12-11(13,14)9-5-6-17(16-9)7-10(18)15-8-3-1-2-4-8/h5-6,8H,1-4,7H2,(H,15,18). The van der Waals surface area contributed by atoms with Crippen LogP contribution in [0.15, 0.2) is 12.3 Å². The largest absolute Gasteiger partial charge is 0.435 e. The van der Waals surface area contributed by atoms with Crippen molar-refractivity contribution in [3.63, 3.8) is 0 Å². The molecule has 100 valence electrons. The fraction of sp³-hybridized carbons (Fsp3) is 0.636. The Morgan fingerprint density at radius 3 is 2.67 bits per heavy atom. The zero-order valence-electron chi connectivity index (χ0n) is 9.70. The van der Waals surface area contributed by atoms with Gasteiger partial charge in [0.15, 0.2) is 5.69 Å². The molecule has 1 aromatic rings. The van der Waals surface area contributed by atoms with E-state index in [-0.39, 0.29) is 18.5 Å². The van der Waals surface area contributed by atoms with Crippen LogP contribution >= 0.6 is 0 Å². The number of alkyl halides is 3. The molecule has 1 amide bonds. The molecule has 18 heavy (non-hydrogen) atoms. The topological polar surface area (TPSA) is 46.9 Å². The van der Waals surface area contributed by atoms with Crippen LogP contribution in [0, 0.1) is 0 Å². The number of aromatic nitrogens is 2. The van der Waals surface area contributed by atoms with Crippen LogP contribution in [0.1, 0.15) is 31.4 Å². The Labute approximate surface area is 102 Å². The third-order valence-corrected chi connectivity index (χ3v) is 2.96. The molecule has 0 spiro atoms. The minimum absolute atomic E-state index is 0.162. The number of nitrogens with zero attached hydrogens (tertiary/aromatic N) is 2. The SMILES string of the molecule is O=C(Cn1ccc(C(F)(F)F)n1)NC1CCCC1. The molecule has 0 unspecified atom stereocenters. The predicted molar refractivity (Wildman–Crippen MR) is 57.6 cm³/mol. The van der Waals surface area contributed by atoms with E-state index in [1.54, 1.807) is 0 Å². The van der Waals surface area contributed by atoms with Gasteiger partial charge in [0.05, 0.1) is 0 Å². The van der Waals surface area contributed by atoms with Crippen molar-refractivity contribution in [3.8, 4) is 0 Å². The third-order valence-electron chi connectivity index (χ3n) is 2.96. The van der Waals surface area contributed by atoms with Crippen molar-refractivity contribution in [1.29, 1.82) is 0 Å². The molecular weight excluding hydrogens is 247 g/mol. The first-order chi connectivity index (χ1) is 8.45. The molecule has 1 saturated carbocycles. The minimum Gasteiger partial charge on any atom is -0.352 e. The van der Waals surface area contributed by atoms with Crippen LogP contribution in [-0.2, 0) is 17.5 Å². The first kappa shape index (κ1) is 12.9. The molecule has 4 nitrogen and oxygen atoms in total. The number of rotatable bonds is 3. The van der Waals surface area contributed by atoms with Gasteiger partial charge in [0, 0.05) is 12.2 Å². The lowest BCUT2D eigenvalue weighted by atomic mass is 10.2. The highest BCUT2D eigenvalue weighted by molar-refractivity contribution is 5.75. The average molecular weight is 261 g/mol. The van der Waals surface area contributed by atoms with E-state index in [4.69, 9.17) is 0 Å². The molecule has 2 rings (SSSR count). The summed E-state index contributed by atoms with van der Waals surface area (Å²) in [5, 5.41) is 6.12. The summed E-state index contributed by atoms with van der Waals surface area (Å²) in [6, 6.07) is 1.03. The van der Waals surface area contributed by atoms with Crippen LogP contribution in [0.4, 0.5) is 13.2 Å². The number of nitrogens with one attached hydrogen (secondary N) is 1. The minimum atomic E-state index is -4.47. The molecule has 7 heteroatoms. The van der Waals surface area contributed by atoms with Crippen LogP contribution in [-0.4, -0.2) is 21.7 Å². The lowest BCUT2D eigenvalue weighted by molar-refractivity contribution is -0.141. The van der Waals surface area contributed by atoms with Crippen molar-refractivity contribution < 1.29 is 18.0 Å². The number of carbonyl (C=O) groups excluding carboxylic acids is 1. The van der Waals surface area contributed by atoms with Gasteiger partial charge in [-0.3, -0.25) is 9.48 Å². The molecule has 0 saturated heterocycles. The van der Waals surface area contributed by atoms with Gasteiger partial charge in [-0.25, -0.2) is 0 Å². The molecule has 0 aliphatic heterocycles. The molecule has 0 aromatic carbocycles. The Balaban J connectivity index is 1.88. The van der Waals surface area contributed by atoms with Gasteiger partial charge in [-0.2, -0.15) is 18.3 Å². The van der Waals surface area contributed by atoms with E-state index >= 15 is 0 Å². The maximum Gasteiger partial charge on any atom is 0.435 e. The second-order valence-corrected chi connectivity index (χ2v) is 4.45. The molecule has 0 bridgehead atoms. The Hall–Kier alpha value is -1.53. The molecule has 1 aromatic heterocycles. The molecule has 1 aliphatic rings. The first-order valence-corrected chi connectivity index (χ1v) is 5.85. The van der Waals surface area contributed by atoms with Gasteiger partial charge in [0.2, 0.25) is 5.91 Å². The number of halogens is 3. The van der Waals surface area contributed by atoms with Crippen molar-refractivity contribution in [3.05, 3.63) is 18.0 Å². The van der Waals surface area contributed by atoms with Gasteiger partial charge in [0.25, 0.3) is 0 Å². The molecule has 1 N–H and O–H groups in total. The maximum absolute atomic E-state index is 12.3. The van der Waals surface area contributed by atoms with Crippen molar-refractivity contribution in [1.82, 2.24) is 15.1 Å². The van der Waals surface area contributed by atoms with Crippen LogP contribution in [0.25, 0.3) is 0 Å². The summed E-state index contributed by atoms with van der Waals surface area (Å²) in [5.74, 6) is -0.293. The predicted octanol–water partition coefficient (Wildman–Crippen LogP) is 1.96. The van der Waals surface area contributed by atoms with Gasteiger partial charge in [-0.15, -0.1) is 0 Å². The maximum atomic E-state index is 12.3. The smallest absolute Gasteiger partial charge is 0.352 e. The van der Waals surface area contributed by atoms with E-state index in [9.17, 15) is 18.0 Å². The lowest BCUT2D eigenvalue weighted by Gasteiger charge is -2.11. The summed E-state index contributed by atoms with van der Waals surface area (Å²) in [4.78, 5) is 11.6. The van der Waals surface area contributed by atoms with Crippen LogP contribution < -0.4 is 5.32 Å². The van der Waals surface area contributed by atoms with E-state index in [0.29, 0.717) is 0 Å². The fourth-order valence-electron chi connectivity index (χ4n) is 2.09. The Kier molecular flexibility index (Phi) is 3.58. The molecule has 0 radical (unpaired) electrons. The number of carbonyl (C=O) groups is 1. The van der Waals surface area contributed by atoms with Gasteiger partial charge in [0.1, 0.15) is 6.54 Å². The quantitative estimate of drug-likeness (QED) is 0.904. The van der Waals surface area contributed by atoms with E-state index < -0.39 is 11.9 Å². The number of hydrogen-bond acceptors (Lipinski definition) is 2. The third kappa shape index (κ3) is 3.24. The lowest BCUT2D eigenvalue weighted by Crippen LogP contribution is -2.35. The van der Waals surface area contributed by atoms with Crippen molar-refractivity contribution >= 4 is 5.91 Å². The normalized spacial score (nSPS) is 17.1. The second kappa shape index (κ2) is 4.99. The van der Waals surface area contributed by atoms with Crippen molar-refractivity contribution in [2.24, 2.45) is 0 Å². The van der Waals surface area contributed by atoms with Crippen LogP contribution in [0.2, 0.25) is 0 Å². The molecule has 1 heterocycles. The zero-order valence-corrected chi connectivity index (χ0v) is 9.70. The van der Waals surface area contributed by atoms with Crippen molar-refractivity contribution in [2.75, 3.05) is 0 Å². The summed E-state index contributed by atoms with van der Waals surface area (Å²) in [5.41, 5.74) is -0.976. The summed E-state index contributed by atoms with van der Waals surface area (Å²) in [6.45, 7) is -0.174. The van der Waals surface area contributed by atoms with E-state index in [2.05, 4.69) is 10.4 Å². The number of amides is 1. The van der Waals surface area contributed by atoms with E-state index in [0.717, 1.165) is 42.6 Å². The summed E-state index contributed by atoms with van der Waals surface area (Å²) in [7, 11) is 0. The van der Waals surface area contributed by atoms with Gasteiger partial charge in [-0.1, -0.05) is 12.8 Å². The van der Waals surface area contributed by atoms with Crippen molar-refractivity contribution in [2.45, 2.75) is 44.4 Å². The summed E-state index contributed by atoms with van der Waals surface area (Å²) in [6.07, 6.45) is 0.761. The summed E-state index contributed by atoms with van der Waals surface area (Å²) < 4.78 is 37.9. The average Bonchev–Trinajstić information content (AvgIpc) is 2.87. The highest BCUT2D eigenvalue weighted by Gasteiger charge is 2.33. The fourth-order valence-corrected chi connectivity index (χ4v) is 2.09. The molecular formula is C11H14F3N3O. The molecule has 0 atom stereocenters. The number of hydrogen-bond donors (Lipinski definition) is 1. The second-order valence-electron chi connectivity index (χ2n) is 4.45. The zero-order chi connectivity index (χ0) is 13.2. The van der Waals surface area contributed by atoms with Gasteiger partial charge in [-0.05, 0) is 18.9 Å². The first-order valence-electron chi connectivity index (χ1n) is 5.85. The molecule has 1 aliphatic carbocycles. The Bertz CT molecular complexity index is 421. The highest BCUT2D eigenvalue weighted by Crippen LogP contribution is 2.27. The van der Waals surface area contributed by atoms with Gasteiger partial charge >= 0.3 is 6.18 Å². The highest BCUT2D eigenvalue weighted by atomic mass is 19.4. The Morgan fingerprint density at radius 2 is 2.11 bits per heavy atom. The monoisotopic (exact) mass is 261 g/mol. The van der Waals surface area contributed by atoms with Crippen LogP contribution in [0.5, 0.6) is 0 Å².